The molecule has 0 aromatic heterocycles. The van der Waals surface area contributed by atoms with E-state index in [1.165, 1.54) is 77.0 Å². The van der Waals surface area contributed by atoms with E-state index < -0.39 is 0 Å². The Labute approximate surface area is 128 Å². The lowest BCUT2D eigenvalue weighted by Crippen LogP contribution is -2.40. The average molecular weight is 282 g/mol. The molecule has 1 heteroatoms. The van der Waals surface area contributed by atoms with Gasteiger partial charge in [0.2, 0.25) is 0 Å². The molecule has 0 aliphatic heterocycles. The minimum absolute atomic E-state index is 0.823. The van der Waals surface area contributed by atoms with Crippen LogP contribution < -0.4 is 5.32 Å². The van der Waals surface area contributed by atoms with Crippen LogP contribution in [0.3, 0.4) is 0 Å². The number of nitrogens with one attached hydrogen (secondary N) is 1. The van der Waals surface area contributed by atoms with Gasteiger partial charge >= 0.3 is 0 Å². The molecule has 1 aliphatic carbocycles. The van der Waals surface area contributed by atoms with Crippen molar-refractivity contribution in [3.63, 3.8) is 0 Å². The van der Waals surface area contributed by atoms with E-state index in [9.17, 15) is 0 Å². The van der Waals surface area contributed by atoms with Crippen LogP contribution >= 0.6 is 0 Å². The number of rotatable bonds is 11. The van der Waals surface area contributed by atoms with Gasteiger partial charge in [0.15, 0.2) is 0 Å². The van der Waals surface area contributed by atoms with Crippen molar-refractivity contribution >= 4 is 0 Å². The van der Waals surface area contributed by atoms with Crippen molar-refractivity contribution in [3.8, 4) is 0 Å². The lowest BCUT2D eigenvalue weighted by molar-refractivity contribution is 0.183. The molecule has 1 N–H and O–H groups in total. The van der Waals surface area contributed by atoms with E-state index in [4.69, 9.17) is 0 Å². The average Bonchev–Trinajstić information content (AvgIpc) is 2.45. The molecule has 0 heterocycles. The van der Waals surface area contributed by atoms with E-state index in [1.807, 2.05) is 0 Å². The third-order valence-electron chi connectivity index (χ3n) is 5.18. The van der Waals surface area contributed by atoms with E-state index in [-0.39, 0.29) is 0 Å². The van der Waals surface area contributed by atoms with Crippen LogP contribution in [-0.2, 0) is 0 Å². The van der Waals surface area contributed by atoms with E-state index in [1.54, 1.807) is 0 Å². The van der Waals surface area contributed by atoms with Crippen LogP contribution in [-0.4, -0.2) is 12.6 Å². The van der Waals surface area contributed by atoms with E-state index in [2.05, 4.69) is 26.1 Å². The fourth-order valence-electron chi connectivity index (χ4n) is 4.07. The van der Waals surface area contributed by atoms with Crippen molar-refractivity contribution in [2.45, 2.75) is 104 Å². The molecule has 3 atom stereocenters. The highest BCUT2D eigenvalue weighted by Crippen LogP contribution is 2.35. The van der Waals surface area contributed by atoms with E-state index >= 15 is 0 Å². The van der Waals surface area contributed by atoms with Crippen LogP contribution in [0.5, 0.6) is 0 Å². The third kappa shape index (κ3) is 7.11. The van der Waals surface area contributed by atoms with Crippen LogP contribution in [0.25, 0.3) is 0 Å². The summed E-state index contributed by atoms with van der Waals surface area (Å²) in [5.41, 5.74) is 0. The maximum absolute atomic E-state index is 3.76. The molecule has 0 aromatic rings. The Balaban J connectivity index is 2.24. The van der Waals surface area contributed by atoms with E-state index in [0.29, 0.717) is 0 Å². The largest absolute Gasteiger partial charge is 0.314 e. The molecule has 1 saturated carbocycles. The van der Waals surface area contributed by atoms with Crippen LogP contribution in [0.2, 0.25) is 0 Å². The van der Waals surface area contributed by atoms with Gasteiger partial charge in [0.05, 0.1) is 0 Å². The second-order valence-electron chi connectivity index (χ2n) is 6.95. The highest BCUT2D eigenvalue weighted by molar-refractivity contribution is 4.84. The lowest BCUT2D eigenvalue weighted by Gasteiger charge is -2.37. The second-order valence-corrected chi connectivity index (χ2v) is 6.95. The van der Waals surface area contributed by atoms with Gasteiger partial charge in [0.1, 0.15) is 0 Å². The van der Waals surface area contributed by atoms with Gasteiger partial charge in [0.25, 0.3) is 0 Å². The Bertz CT molecular complexity index is 214. The first kappa shape index (κ1) is 18.0. The minimum atomic E-state index is 0.823. The molecule has 1 aliphatic rings. The Morgan fingerprint density at radius 2 is 1.55 bits per heavy atom. The zero-order valence-electron chi connectivity index (χ0n) is 14.4. The quantitative estimate of drug-likeness (QED) is 0.463. The maximum atomic E-state index is 3.76. The van der Waals surface area contributed by atoms with Crippen LogP contribution in [0, 0.1) is 11.8 Å². The molecule has 20 heavy (non-hydrogen) atoms. The van der Waals surface area contributed by atoms with Crippen LogP contribution in [0.15, 0.2) is 0 Å². The van der Waals surface area contributed by atoms with Gasteiger partial charge < -0.3 is 5.32 Å². The molecule has 3 unspecified atom stereocenters. The van der Waals surface area contributed by atoms with Crippen LogP contribution in [0.1, 0.15) is 97.8 Å². The summed E-state index contributed by atoms with van der Waals surface area (Å²) in [7, 11) is 0. The predicted molar refractivity (Wildman–Crippen MR) is 91.2 cm³/mol. The Morgan fingerprint density at radius 3 is 2.25 bits per heavy atom. The molecule has 0 saturated heterocycles. The highest BCUT2D eigenvalue weighted by Gasteiger charge is 2.28. The van der Waals surface area contributed by atoms with Gasteiger partial charge in [-0.3, -0.25) is 0 Å². The number of hydrogen-bond acceptors (Lipinski definition) is 1. The summed E-state index contributed by atoms with van der Waals surface area (Å²) in [6, 6.07) is 0.823. The summed E-state index contributed by atoms with van der Waals surface area (Å²) in [6.07, 6.45) is 17.4. The number of hydrogen-bond donors (Lipinski definition) is 1. The summed E-state index contributed by atoms with van der Waals surface area (Å²) in [5.74, 6) is 1.99. The zero-order valence-corrected chi connectivity index (χ0v) is 14.4. The molecule has 120 valence electrons. The summed E-state index contributed by atoms with van der Waals surface area (Å²) in [4.78, 5) is 0. The molecule has 1 fully saturated rings. The smallest absolute Gasteiger partial charge is 0.00954 e. The van der Waals surface area contributed by atoms with Crippen molar-refractivity contribution in [2.75, 3.05) is 6.54 Å². The molecule has 1 rings (SSSR count). The molecular formula is C19H39N. The van der Waals surface area contributed by atoms with E-state index in [0.717, 1.165) is 24.4 Å². The van der Waals surface area contributed by atoms with Crippen LogP contribution in [0.4, 0.5) is 0 Å². The lowest BCUT2D eigenvalue weighted by atomic mass is 9.74. The molecule has 0 amide bonds. The topological polar surface area (TPSA) is 12.0 Å². The first-order valence-corrected chi connectivity index (χ1v) is 9.55. The monoisotopic (exact) mass is 281 g/mol. The summed E-state index contributed by atoms with van der Waals surface area (Å²) in [5, 5.41) is 3.76. The summed E-state index contributed by atoms with van der Waals surface area (Å²) in [6.45, 7) is 8.06. The second kappa shape index (κ2) is 11.6. The van der Waals surface area contributed by atoms with Crippen molar-refractivity contribution in [3.05, 3.63) is 0 Å². The molecule has 0 radical (unpaired) electrons. The normalized spacial score (nSPS) is 26.9. The summed E-state index contributed by atoms with van der Waals surface area (Å²) < 4.78 is 0. The van der Waals surface area contributed by atoms with Crippen molar-refractivity contribution < 1.29 is 0 Å². The summed E-state index contributed by atoms with van der Waals surface area (Å²) >= 11 is 0. The first-order valence-electron chi connectivity index (χ1n) is 9.55. The maximum Gasteiger partial charge on any atom is 0.00954 e. The Hall–Kier alpha value is -0.0400. The van der Waals surface area contributed by atoms with Crippen molar-refractivity contribution in [1.29, 1.82) is 0 Å². The first-order chi connectivity index (χ1) is 9.81. The fraction of sp³-hybridized carbons (Fsp3) is 1.00. The minimum Gasteiger partial charge on any atom is -0.314 e. The third-order valence-corrected chi connectivity index (χ3v) is 5.18. The number of unbranched alkanes of at least 4 members (excludes halogenated alkanes) is 5. The Kier molecular flexibility index (Phi) is 10.4. The van der Waals surface area contributed by atoms with Crippen molar-refractivity contribution in [2.24, 2.45) is 11.8 Å². The molecule has 1 nitrogen and oxygen atoms in total. The molecular weight excluding hydrogens is 242 g/mol. The van der Waals surface area contributed by atoms with Gasteiger partial charge in [-0.05, 0) is 44.1 Å². The SMILES string of the molecule is CCCCCCCCC1CC(CCC)CCC1NCC. The van der Waals surface area contributed by atoms with Gasteiger partial charge in [-0.25, -0.2) is 0 Å². The fourth-order valence-corrected chi connectivity index (χ4v) is 4.07. The molecule has 0 bridgehead atoms. The standard InChI is InChI=1S/C19H39N/c1-4-7-8-9-10-11-13-18-16-17(12-5-2)14-15-19(18)20-6-3/h17-20H,4-16H2,1-3H3. The van der Waals surface area contributed by atoms with Gasteiger partial charge in [0, 0.05) is 6.04 Å². The van der Waals surface area contributed by atoms with Gasteiger partial charge in [-0.1, -0.05) is 72.1 Å². The van der Waals surface area contributed by atoms with Gasteiger partial charge in [-0.2, -0.15) is 0 Å². The highest BCUT2D eigenvalue weighted by atomic mass is 14.9. The zero-order chi connectivity index (χ0) is 14.6. The Morgan fingerprint density at radius 1 is 0.800 bits per heavy atom. The van der Waals surface area contributed by atoms with Gasteiger partial charge in [-0.15, -0.1) is 0 Å². The van der Waals surface area contributed by atoms with Crippen molar-refractivity contribution in [1.82, 2.24) is 5.32 Å². The predicted octanol–water partition coefficient (Wildman–Crippen LogP) is 5.93. The molecule has 0 spiro atoms. The molecule has 0 aromatic carbocycles.